The number of nitrogens with zero attached hydrogens (tertiary/aromatic N) is 3. The predicted octanol–water partition coefficient (Wildman–Crippen LogP) is 5.39. The van der Waals surface area contributed by atoms with Crippen molar-refractivity contribution in [2.75, 3.05) is 25.7 Å². The average molecular weight is 493 g/mol. The van der Waals surface area contributed by atoms with Crippen LogP contribution in [0.3, 0.4) is 0 Å². The molecule has 3 aliphatic rings. The van der Waals surface area contributed by atoms with Gasteiger partial charge in [-0.1, -0.05) is 30.7 Å². The minimum absolute atomic E-state index is 0.0211. The van der Waals surface area contributed by atoms with Gasteiger partial charge in [-0.15, -0.1) is 0 Å². The lowest BCUT2D eigenvalue weighted by Gasteiger charge is -2.33. The largest absolute Gasteiger partial charge is 0.493 e. The van der Waals surface area contributed by atoms with Gasteiger partial charge >= 0.3 is 0 Å². The van der Waals surface area contributed by atoms with Crippen LogP contribution in [0.2, 0.25) is 0 Å². The molecule has 1 atom stereocenters. The maximum absolute atomic E-state index is 11.7. The molecule has 5 rings (SSSR count). The number of aliphatic imine (C=N–C) groups is 1. The molecule has 2 aliphatic heterocycles. The molecule has 184 valence electrons. The summed E-state index contributed by atoms with van der Waals surface area (Å²) in [4.78, 5) is 19.3. The van der Waals surface area contributed by atoms with Gasteiger partial charge in [-0.25, -0.2) is 5.43 Å². The Balaban J connectivity index is 1.54. The molecule has 2 aromatic rings. The maximum Gasteiger partial charge on any atom is 0.299 e. The van der Waals surface area contributed by atoms with E-state index in [1.54, 1.807) is 14.2 Å². The molecule has 35 heavy (non-hydrogen) atoms. The number of thioether (sulfide) groups is 1. The van der Waals surface area contributed by atoms with E-state index in [0.717, 1.165) is 54.9 Å². The summed E-state index contributed by atoms with van der Waals surface area (Å²) in [6.45, 7) is 2.94. The number of hydrazone groups is 1. The number of carbonyl (C=O) groups is 1. The lowest BCUT2D eigenvalue weighted by molar-refractivity contribution is 0.261. The lowest BCUT2D eigenvalue weighted by Crippen LogP contribution is -2.37. The van der Waals surface area contributed by atoms with Gasteiger partial charge in [0.1, 0.15) is 5.84 Å². The van der Waals surface area contributed by atoms with Crippen LogP contribution >= 0.6 is 11.8 Å². The fourth-order valence-corrected chi connectivity index (χ4v) is 5.92. The van der Waals surface area contributed by atoms with Gasteiger partial charge in [0.25, 0.3) is 5.24 Å². The Hall–Kier alpha value is -3.00. The molecule has 0 radical (unpaired) electrons. The SMILES string of the molecule is COc1ccc(/C(=N/C2CCCC2)N2CCCc3cc(C4=NNC(=O)SC4C)ccc32)cc1OC. The van der Waals surface area contributed by atoms with E-state index in [1.807, 2.05) is 19.1 Å². The molecule has 0 saturated heterocycles. The van der Waals surface area contributed by atoms with Crippen LogP contribution in [0, 0.1) is 0 Å². The summed E-state index contributed by atoms with van der Waals surface area (Å²) < 4.78 is 11.1. The third kappa shape index (κ3) is 4.89. The second kappa shape index (κ2) is 10.3. The van der Waals surface area contributed by atoms with Crippen LogP contribution in [0.25, 0.3) is 0 Å². The number of hydrogen-bond acceptors (Lipinski definition) is 6. The van der Waals surface area contributed by atoms with E-state index in [2.05, 4.69) is 39.7 Å². The Labute approximate surface area is 211 Å². The highest BCUT2D eigenvalue weighted by Gasteiger charge is 2.28. The first-order chi connectivity index (χ1) is 17.1. The number of carbonyl (C=O) groups excluding carboxylic acids is 1. The summed E-state index contributed by atoms with van der Waals surface area (Å²) in [5.41, 5.74) is 8.09. The average Bonchev–Trinajstić information content (AvgIpc) is 3.39. The number of nitrogens with one attached hydrogen (secondary N) is 1. The fourth-order valence-electron chi connectivity index (χ4n) is 5.20. The molecule has 1 saturated carbocycles. The second-order valence-electron chi connectivity index (χ2n) is 9.22. The Morgan fingerprint density at radius 1 is 1.09 bits per heavy atom. The van der Waals surface area contributed by atoms with Crippen molar-refractivity contribution in [3.8, 4) is 11.5 Å². The van der Waals surface area contributed by atoms with E-state index in [4.69, 9.17) is 14.5 Å². The van der Waals surface area contributed by atoms with E-state index >= 15 is 0 Å². The van der Waals surface area contributed by atoms with Crippen LogP contribution in [-0.4, -0.2) is 48.8 Å². The molecule has 0 spiro atoms. The predicted molar refractivity (Wildman–Crippen MR) is 143 cm³/mol. The Morgan fingerprint density at radius 2 is 1.89 bits per heavy atom. The number of hydrogen-bond donors (Lipinski definition) is 1. The molecule has 1 fully saturated rings. The van der Waals surface area contributed by atoms with Crippen molar-refractivity contribution in [3.63, 3.8) is 0 Å². The third-order valence-electron chi connectivity index (χ3n) is 6.96. The topological polar surface area (TPSA) is 75.5 Å². The molecule has 1 aliphatic carbocycles. The zero-order valence-corrected chi connectivity index (χ0v) is 21.4. The van der Waals surface area contributed by atoms with Crippen molar-refractivity contribution in [2.45, 2.75) is 56.7 Å². The van der Waals surface area contributed by atoms with E-state index in [0.29, 0.717) is 17.5 Å². The smallest absolute Gasteiger partial charge is 0.299 e. The van der Waals surface area contributed by atoms with Crippen molar-refractivity contribution >= 4 is 34.2 Å². The number of amides is 1. The first-order valence-corrected chi connectivity index (χ1v) is 13.2. The number of amidine groups is 1. The van der Waals surface area contributed by atoms with Crippen molar-refractivity contribution < 1.29 is 14.3 Å². The first kappa shape index (κ1) is 23.7. The zero-order valence-electron chi connectivity index (χ0n) is 20.5. The number of aryl methyl sites for hydroxylation is 1. The molecule has 1 amide bonds. The summed E-state index contributed by atoms with van der Waals surface area (Å²) >= 11 is 1.28. The number of fused-ring (bicyclic) bond motifs is 1. The zero-order chi connectivity index (χ0) is 24.4. The Kier molecular flexibility index (Phi) is 7.00. The number of benzene rings is 2. The van der Waals surface area contributed by atoms with E-state index in [-0.39, 0.29) is 10.5 Å². The van der Waals surface area contributed by atoms with E-state index < -0.39 is 0 Å². The molecule has 0 bridgehead atoms. The van der Waals surface area contributed by atoms with Gasteiger partial charge in [-0.05, 0) is 74.1 Å². The molecule has 2 aromatic carbocycles. The molecule has 1 unspecified atom stereocenters. The van der Waals surface area contributed by atoms with Crippen LogP contribution in [0.5, 0.6) is 11.5 Å². The molecule has 7 nitrogen and oxygen atoms in total. The van der Waals surface area contributed by atoms with Crippen LogP contribution in [0.1, 0.15) is 55.7 Å². The molecule has 1 N–H and O–H groups in total. The van der Waals surface area contributed by atoms with Gasteiger partial charge < -0.3 is 14.4 Å². The highest BCUT2D eigenvalue weighted by Crippen LogP contribution is 2.34. The minimum atomic E-state index is -0.104. The van der Waals surface area contributed by atoms with Crippen molar-refractivity contribution in [3.05, 3.63) is 53.1 Å². The van der Waals surface area contributed by atoms with Gasteiger partial charge in [0, 0.05) is 17.8 Å². The standard InChI is InChI=1S/C27H32N4O3S/c1-17-25(29-30-27(32)35-17)19-10-12-22-18(15-19)7-6-14-31(22)26(28-21-8-4-5-9-21)20-11-13-23(33-2)24(16-20)34-3/h10-13,15-17,21H,4-9,14H2,1-3H3,(H,30,32)/b28-26-. The van der Waals surface area contributed by atoms with Gasteiger partial charge in [0.2, 0.25) is 0 Å². The fraction of sp³-hybridized carbons (Fsp3) is 0.444. The minimum Gasteiger partial charge on any atom is -0.493 e. The number of rotatable bonds is 5. The van der Waals surface area contributed by atoms with Crippen LogP contribution in [0.4, 0.5) is 10.5 Å². The highest BCUT2D eigenvalue weighted by atomic mass is 32.2. The van der Waals surface area contributed by atoms with E-state index in [9.17, 15) is 4.79 Å². The summed E-state index contributed by atoms with van der Waals surface area (Å²) in [7, 11) is 3.33. The van der Waals surface area contributed by atoms with Crippen LogP contribution in [0.15, 0.2) is 46.5 Å². The van der Waals surface area contributed by atoms with Crippen molar-refractivity contribution in [1.82, 2.24) is 5.43 Å². The van der Waals surface area contributed by atoms with Gasteiger partial charge in [-0.3, -0.25) is 9.79 Å². The summed E-state index contributed by atoms with van der Waals surface area (Å²) in [6.07, 6.45) is 6.80. The Morgan fingerprint density at radius 3 is 2.63 bits per heavy atom. The van der Waals surface area contributed by atoms with Crippen molar-refractivity contribution in [2.24, 2.45) is 10.1 Å². The lowest BCUT2D eigenvalue weighted by atomic mass is 9.96. The van der Waals surface area contributed by atoms with Crippen molar-refractivity contribution in [1.29, 1.82) is 0 Å². The number of ether oxygens (including phenoxy) is 2. The third-order valence-corrected chi connectivity index (χ3v) is 7.84. The first-order valence-electron chi connectivity index (χ1n) is 12.3. The normalized spacial score (nSPS) is 20.8. The maximum atomic E-state index is 11.7. The molecule has 2 heterocycles. The number of anilines is 1. The quantitative estimate of drug-likeness (QED) is 0.447. The highest BCUT2D eigenvalue weighted by molar-refractivity contribution is 8.14. The van der Waals surface area contributed by atoms with Crippen LogP contribution in [-0.2, 0) is 6.42 Å². The van der Waals surface area contributed by atoms with E-state index in [1.165, 1.54) is 35.9 Å². The summed E-state index contributed by atoms with van der Waals surface area (Å²) in [5, 5.41) is 4.27. The Bertz CT molecular complexity index is 1170. The summed E-state index contributed by atoms with van der Waals surface area (Å²) in [6, 6.07) is 13.0. The molecular weight excluding hydrogens is 460 g/mol. The number of methoxy groups -OCH3 is 2. The molecule has 8 heteroatoms. The monoisotopic (exact) mass is 492 g/mol. The van der Waals surface area contributed by atoms with Crippen LogP contribution < -0.4 is 19.8 Å². The van der Waals surface area contributed by atoms with Gasteiger partial charge in [0.05, 0.1) is 31.2 Å². The second-order valence-corrected chi connectivity index (χ2v) is 10.5. The molecular formula is C27H32N4O3S. The summed E-state index contributed by atoms with van der Waals surface area (Å²) in [5.74, 6) is 2.42. The van der Waals surface area contributed by atoms with Gasteiger partial charge in [-0.2, -0.15) is 5.10 Å². The molecule has 0 aromatic heterocycles. The van der Waals surface area contributed by atoms with Gasteiger partial charge in [0.15, 0.2) is 11.5 Å².